The molecule has 0 spiro atoms. The highest BCUT2D eigenvalue weighted by Gasteiger charge is 2.28. The molecule has 0 radical (unpaired) electrons. The van der Waals surface area contributed by atoms with Gasteiger partial charge in [-0.15, -0.1) is 0 Å². The lowest BCUT2D eigenvalue weighted by Gasteiger charge is -2.36. The van der Waals surface area contributed by atoms with Crippen LogP contribution in [-0.4, -0.2) is 50.6 Å². The van der Waals surface area contributed by atoms with Crippen molar-refractivity contribution < 1.29 is 17.9 Å². The molecular formula is C22H28N4O4S. The summed E-state index contributed by atoms with van der Waals surface area (Å²) in [6.45, 7) is 7.38. The lowest BCUT2D eigenvalue weighted by atomic mass is 10.1. The van der Waals surface area contributed by atoms with E-state index in [1.807, 2.05) is 19.9 Å². The van der Waals surface area contributed by atoms with Crippen LogP contribution in [-0.2, 0) is 14.8 Å². The van der Waals surface area contributed by atoms with Gasteiger partial charge in [-0.05, 0) is 63.4 Å². The molecule has 1 aliphatic carbocycles. The van der Waals surface area contributed by atoms with Gasteiger partial charge in [0.1, 0.15) is 5.82 Å². The molecule has 31 heavy (non-hydrogen) atoms. The number of sulfonamides is 1. The maximum absolute atomic E-state index is 12.8. The summed E-state index contributed by atoms with van der Waals surface area (Å²) in [6, 6.07) is 8.28. The lowest BCUT2D eigenvalue weighted by Crippen LogP contribution is -2.45. The predicted molar refractivity (Wildman–Crippen MR) is 119 cm³/mol. The van der Waals surface area contributed by atoms with E-state index in [-0.39, 0.29) is 29.1 Å². The molecule has 9 heteroatoms. The number of hydrogen-bond acceptors (Lipinski definition) is 6. The highest BCUT2D eigenvalue weighted by Crippen LogP contribution is 2.24. The van der Waals surface area contributed by atoms with Gasteiger partial charge in [0, 0.05) is 24.7 Å². The Morgan fingerprint density at radius 3 is 2.45 bits per heavy atom. The summed E-state index contributed by atoms with van der Waals surface area (Å²) in [7, 11) is -3.63. The van der Waals surface area contributed by atoms with Crippen molar-refractivity contribution in [1.82, 2.24) is 9.71 Å². The number of amides is 1. The molecule has 2 aliphatic rings. The number of carbonyl (C=O) groups excluding carboxylic acids is 1. The Balaban J connectivity index is 1.47. The van der Waals surface area contributed by atoms with E-state index in [1.165, 1.54) is 12.1 Å². The Morgan fingerprint density at radius 2 is 1.84 bits per heavy atom. The first kappa shape index (κ1) is 21.7. The van der Waals surface area contributed by atoms with Gasteiger partial charge >= 0.3 is 0 Å². The number of morpholine rings is 1. The molecule has 0 bridgehead atoms. The third kappa shape index (κ3) is 5.23. The Hall–Kier alpha value is -2.49. The molecule has 1 aliphatic heterocycles. The summed E-state index contributed by atoms with van der Waals surface area (Å²) >= 11 is 0. The van der Waals surface area contributed by atoms with Gasteiger partial charge in [0.2, 0.25) is 10.0 Å². The van der Waals surface area contributed by atoms with Crippen molar-refractivity contribution in [2.75, 3.05) is 23.3 Å². The van der Waals surface area contributed by atoms with Crippen LogP contribution in [0.2, 0.25) is 0 Å². The number of anilines is 2. The second-order valence-corrected chi connectivity index (χ2v) is 10.1. The molecule has 166 valence electrons. The number of nitrogens with one attached hydrogen (secondary N) is 2. The number of carbonyl (C=O) groups is 1. The molecule has 2 N–H and O–H groups in total. The van der Waals surface area contributed by atoms with Crippen molar-refractivity contribution in [3.8, 4) is 0 Å². The first-order valence-corrected chi connectivity index (χ1v) is 12.0. The second kappa shape index (κ2) is 8.57. The van der Waals surface area contributed by atoms with Gasteiger partial charge in [0.05, 0.1) is 29.0 Å². The minimum absolute atomic E-state index is 0.00519. The van der Waals surface area contributed by atoms with E-state index in [4.69, 9.17) is 4.74 Å². The molecule has 4 rings (SSSR count). The molecule has 2 heterocycles. The Bertz CT molecular complexity index is 1060. The van der Waals surface area contributed by atoms with Crippen LogP contribution < -0.4 is 14.9 Å². The fourth-order valence-corrected chi connectivity index (χ4v) is 5.04. The molecule has 2 aromatic rings. The lowest BCUT2D eigenvalue weighted by molar-refractivity contribution is -0.00545. The molecule has 1 saturated carbocycles. The van der Waals surface area contributed by atoms with Gasteiger partial charge in [-0.2, -0.15) is 0 Å². The van der Waals surface area contributed by atoms with Gasteiger partial charge in [-0.25, -0.2) is 18.1 Å². The van der Waals surface area contributed by atoms with Crippen LogP contribution in [0.15, 0.2) is 41.4 Å². The van der Waals surface area contributed by atoms with E-state index in [1.54, 1.807) is 25.3 Å². The number of nitrogens with zero attached hydrogens (tertiary/aromatic N) is 2. The monoisotopic (exact) mass is 444 g/mol. The van der Waals surface area contributed by atoms with E-state index >= 15 is 0 Å². The summed E-state index contributed by atoms with van der Waals surface area (Å²) in [6.07, 6.45) is 3.58. The topological polar surface area (TPSA) is 101 Å². The minimum Gasteiger partial charge on any atom is -0.372 e. The summed E-state index contributed by atoms with van der Waals surface area (Å²) in [5.74, 6) is 0.458. The first-order valence-electron chi connectivity index (χ1n) is 10.5. The number of rotatable bonds is 6. The predicted octanol–water partition coefficient (Wildman–Crippen LogP) is 2.70. The normalized spacial score (nSPS) is 21.7. The Morgan fingerprint density at radius 1 is 1.13 bits per heavy atom. The van der Waals surface area contributed by atoms with Crippen LogP contribution in [0.5, 0.6) is 0 Å². The zero-order chi connectivity index (χ0) is 22.2. The van der Waals surface area contributed by atoms with E-state index in [9.17, 15) is 13.2 Å². The van der Waals surface area contributed by atoms with E-state index in [0.29, 0.717) is 16.8 Å². The molecule has 2 fully saturated rings. The van der Waals surface area contributed by atoms with Crippen molar-refractivity contribution in [2.24, 2.45) is 0 Å². The van der Waals surface area contributed by atoms with E-state index in [0.717, 1.165) is 31.7 Å². The zero-order valence-corrected chi connectivity index (χ0v) is 18.8. The quantitative estimate of drug-likeness (QED) is 0.711. The minimum atomic E-state index is -3.63. The van der Waals surface area contributed by atoms with E-state index < -0.39 is 10.0 Å². The fraction of sp³-hybridized carbons (Fsp3) is 0.455. The van der Waals surface area contributed by atoms with Crippen molar-refractivity contribution in [3.63, 3.8) is 0 Å². The van der Waals surface area contributed by atoms with Crippen LogP contribution in [0.1, 0.15) is 42.6 Å². The SMILES string of the molecule is Cc1ccc(S(=O)(=O)NC2CC2)cc1C(=O)Nc1ccc(N2CC(C)OC(C)C2)nc1. The Labute approximate surface area is 183 Å². The second-order valence-electron chi connectivity index (χ2n) is 8.39. The van der Waals surface area contributed by atoms with Crippen LogP contribution >= 0.6 is 0 Å². The average Bonchev–Trinajstić information content (AvgIpc) is 3.51. The number of ether oxygens (including phenoxy) is 1. The smallest absolute Gasteiger partial charge is 0.256 e. The maximum Gasteiger partial charge on any atom is 0.256 e. The summed E-state index contributed by atoms with van der Waals surface area (Å²) in [5, 5.41) is 2.82. The summed E-state index contributed by atoms with van der Waals surface area (Å²) < 4.78 is 33.4. The maximum atomic E-state index is 12.8. The molecule has 1 amide bonds. The van der Waals surface area contributed by atoms with Gasteiger partial charge in [-0.1, -0.05) is 6.07 Å². The highest BCUT2D eigenvalue weighted by molar-refractivity contribution is 7.89. The molecule has 1 aromatic carbocycles. The highest BCUT2D eigenvalue weighted by atomic mass is 32.2. The van der Waals surface area contributed by atoms with Crippen molar-refractivity contribution in [2.45, 2.75) is 56.8 Å². The largest absolute Gasteiger partial charge is 0.372 e. The number of pyridine rings is 1. The fourth-order valence-electron chi connectivity index (χ4n) is 3.71. The average molecular weight is 445 g/mol. The molecule has 1 aromatic heterocycles. The van der Waals surface area contributed by atoms with Crippen molar-refractivity contribution in [3.05, 3.63) is 47.7 Å². The van der Waals surface area contributed by atoms with Crippen LogP contribution in [0.4, 0.5) is 11.5 Å². The summed E-state index contributed by atoms with van der Waals surface area (Å²) in [4.78, 5) is 19.6. The molecular weight excluding hydrogens is 416 g/mol. The zero-order valence-electron chi connectivity index (χ0n) is 18.0. The van der Waals surface area contributed by atoms with Crippen LogP contribution in [0.25, 0.3) is 0 Å². The molecule has 1 saturated heterocycles. The molecule has 2 atom stereocenters. The summed E-state index contributed by atoms with van der Waals surface area (Å²) in [5.41, 5.74) is 1.56. The standard InChI is InChI=1S/C22H28N4O4S/c1-14-4-8-19(31(28,29)25-17-5-6-17)10-20(14)22(27)24-18-7-9-21(23-11-18)26-12-15(2)30-16(3)13-26/h4,7-11,15-17,25H,5-6,12-13H2,1-3H3,(H,24,27). The first-order chi connectivity index (χ1) is 14.7. The number of hydrogen-bond donors (Lipinski definition) is 2. The van der Waals surface area contributed by atoms with E-state index in [2.05, 4.69) is 19.9 Å². The van der Waals surface area contributed by atoms with Gasteiger partial charge in [0.25, 0.3) is 5.91 Å². The van der Waals surface area contributed by atoms with Gasteiger partial charge in [0.15, 0.2) is 0 Å². The number of aryl methyl sites for hydroxylation is 1. The van der Waals surface area contributed by atoms with Gasteiger partial charge < -0.3 is 15.0 Å². The number of benzene rings is 1. The third-order valence-electron chi connectivity index (χ3n) is 5.41. The van der Waals surface area contributed by atoms with Crippen LogP contribution in [0, 0.1) is 6.92 Å². The van der Waals surface area contributed by atoms with Crippen molar-refractivity contribution >= 4 is 27.4 Å². The molecule has 2 unspecified atom stereocenters. The number of aromatic nitrogens is 1. The van der Waals surface area contributed by atoms with Crippen LogP contribution in [0.3, 0.4) is 0 Å². The third-order valence-corrected chi connectivity index (χ3v) is 6.93. The van der Waals surface area contributed by atoms with Crippen molar-refractivity contribution in [1.29, 1.82) is 0 Å². The van der Waals surface area contributed by atoms with Gasteiger partial charge in [-0.3, -0.25) is 4.79 Å². The Kier molecular flexibility index (Phi) is 6.00. The molecule has 8 nitrogen and oxygen atoms in total.